The molecule has 4 rings (SSSR count). The summed E-state index contributed by atoms with van der Waals surface area (Å²) in [5.74, 6) is 0.126. The van der Waals surface area contributed by atoms with Gasteiger partial charge in [0.1, 0.15) is 5.78 Å². The minimum atomic E-state index is 0.126. The first-order valence-corrected chi connectivity index (χ1v) is 9.43. The lowest BCUT2D eigenvalue weighted by Gasteiger charge is -2.39. The van der Waals surface area contributed by atoms with Gasteiger partial charge in [-0.3, -0.25) is 4.79 Å². The number of hydrogen-bond acceptors (Lipinski definition) is 6. The minimum absolute atomic E-state index is 0.126. The quantitative estimate of drug-likeness (QED) is 0.851. The second kappa shape index (κ2) is 7.12. The third kappa shape index (κ3) is 3.68. The average molecular weight is 342 g/mol. The van der Waals surface area contributed by atoms with Crippen LogP contribution in [0.15, 0.2) is 16.7 Å². The van der Waals surface area contributed by atoms with E-state index in [1.54, 1.807) is 13.1 Å². The summed E-state index contributed by atoms with van der Waals surface area (Å²) in [7, 11) is 0. The molecule has 2 aromatic heterocycles. The van der Waals surface area contributed by atoms with E-state index in [-0.39, 0.29) is 5.78 Å². The molecule has 0 saturated carbocycles. The van der Waals surface area contributed by atoms with Crippen molar-refractivity contribution >= 4 is 23.0 Å². The molecule has 6 nitrogen and oxygen atoms in total. The van der Waals surface area contributed by atoms with Crippen molar-refractivity contribution in [1.82, 2.24) is 14.9 Å². The SMILES string of the molecule is CC(=O)Cc1cnc2nc(N3CCC(N4CCCCC4)CC3)oc2c1. The second-order valence-electron chi connectivity index (χ2n) is 7.36. The third-order valence-corrected chi connectivity index (χ3v) is 5.39. The van der Waals surface area contributed by atoms with Crippen LogP contribution in [0.2, 0.25) is 0 Å². The van der Waals surface area contributed by atoms with Crippen molar-refractivity contribution in [3.8, 4) is 0 Å². The lowest BCUT2D eigenvalue weighted by molar-refractivity contribution is -0.116. The van der Waals surface area contributed by atoms with Gasteiger partial charge in [-0.05, 0) is 57.3 Å². The number of carbonyl (C=O) groups is 1. The molecule has 0 spiro atoms. The van der Waals surface area contributed by atoms with E-state index < -0.39 is 0 Å². The van der Waals surface area contributed by atoms with Gasteiger partial charge >= 0.3 is 0 Å². The van der Waals surface area contributed by atoms with Crippen LogP contribution in [0, 0.1) is 0 Å². The molecule has 2 aliphatic rings. The lowest BCUT2D eigenvalue weighted by atomic mass is 10.0. The number of ketones is 1. The fraction of sp³-hybridized carbons (Fsp3) is 0.632. The van der Waals surface area contributed by atoms with Gasteiger partial charge in [0.2, 0.25) is 5.65 Å². The van der Waals surface area contributed by atoms with Crippen LogP contribution < -0.4 is 4.90 Å². The number of anilines is 1. The Morgan fingerprint density at radius 3 is 2.68 bits per heavy atom. The third-order valence-electron chi connectivity index (χ3n) is 5.39. The Labute approximate surface area is 148 Å². The summed E-state index contributed by atoms with van der Waals surface area (Å²) < 4.78 is 5.94. The number of nitrogens with zero attached hydrogens (tertiary/aromatic N) is 4. The molecule has 6 heteroatoms. The van der Waals surface area contributed by atoms with Gasteiger partial charge in [-0.25, -0.2) is 4.98 Å². The van der Waals surface area contributed by atoms with Gasteiger partial charge in [0.05, 0.1) is 0 Å². The Morgan fingerprint density at radius 2 is 1.96 bits per heavy atom. The summed E-state index contributed by atoms with van der Waals surface area (Å²) in [6, 6.07) is 3.27. The molecule has 2 aliphatic heterocycles. The van der Waals surface area contributed by atoms with E-state index in [0.717, 1.165) is 18.7 Å². The van der Waals surface area contributed by atoms with Crippen molar-refractivity contribution in [2.24, 2.45) is 0 Å². The number of fused-ring (bicyclic) bond motifs is 1. The molecule has 134 valence electrons. The first-order chi connectivity index (χ1) is 12.2. The van der Waals surface area contributed by atoms with E-state index >= 15 is 0 Å². The molecule has 0 atom stereocenters. The van der Waals surface area contributed by atoms with E-state index in [1.807, 2.05) is 6.07 Å². The second-order valence-corrected chi connectivity index (χ2v) is 7.36. The van der Waals surface area contributed by atoms with Crippen LogP contribution in [-0.4, -0.2) is 52.9 Å². The summed E-state index contributed by atoms with van der Waals surface area (Å²) >= 11 is 0. The van der Waals surface area contributed by atoms with Crippen molar-refractivity contribution in [3.05, 3.63) is 17.8 Å². The highest BCUT2D eigenvalue weighted by molar-refractivity contribution is 5.79. The molecule has 0 unspecified atom stereocenters. The monoisotopic (exact) mass is 342 g/mol. The van der Waals surface area contributed by atoms with E-state index in [1.165, 1.54) is 45.2 Å². The zero-order valence-electron chi connectivity index (χ0n) is 14.9. The standard InChI is InChI=1S/C19H26N4O2/c1-14(24)11-15-12-17-18(20-13-15)21-19(25-17)23-9-5-16(6-10-23)22-7-3-2-4-8-22/h12-13,16H,2-11H2,1H3. The normalized spacial score (nSPS) is 20.3. The predicted molar refractivity (Wildman–Crippen MR) is 96.8 cm³/mol. The molecule has 2 saturated heterocycles. The number of piperidine rings is 2. The number of aromatic nitrogens is 2. The zero-order valence-corrected chi connectivity index (χ0v) is 14.9. The number of Topliss-reactive ketones (excluding diaryl/α,β-unsaturated/α-hetero) is 1. The maximum absolute atomic E-state index is 11.3. The van der Waals surface area contributed by atoms with E-state index in [4.69, 9.17) is 4.42 Å². The molecular formula is C19H26N4O2. The first kappa shape index (κ1) is 16.5. The molecule has 25 heavy (non-hydrogen) atoms. The van der Waals surface area contributed by atoms with Crippen LogP contribution in [0.5, 0.6) is 0 Å². The molecule has 0 amide bonds. The summed E-state index contributed by atoms with van der Waals surface area (Å²) in [4.78, 5) is 25.1. The smallest absolute Gasteiger partial charge is 0.299 e. The van der Waals surface area contributed by atoms with E-state index in [2.05, 4.69) is 19.8 Å². The largest absolute Gasteiger partial charge is 0.422 e. The highest BCUT2D eigenvalue weighted by Gasteiger charge is 2.27. The fourth-order valence-electron chi connectivity index (χ4n) is 4.07. The maximum atomic E-state index is 11.3. The Kier molecular flexibility index (Phi) is 4.70. The molecule has 0 N–H and O–H groups in total. The summed E-state index contributed by atoms with van der Waals surface area (Å²) in [6.07, 6.45) is 8.53. The summed E-state index contributed by atoms with van der Waals surface area (Å²) in [5.41, 5.74) is 2.18. The molecule has 0 aromatic carbocycles. The van der Waals surface area contributed by atoms with Gasteiger partial charge in [-0.15, -0.1) is 0 Å². The Balaban J connectivity index is 1.42. The van der Waals surface area contributed by atoms with Gasteiger partial charge in [0, 0.05) is 31.7 Å². The number of carbonyl (C=O) groups excluding carboxylic acids is 1. The topological polar surface area (TPSA) is 62.5 Å². The fourth-order valence-corrected chi connectivity index (χ4v) is 4.07. The van der Waals surface area contributed by atoms with Gasteiger partial charge in [-0.2, -0.15) is 4.98 Å². The molecule has 0 aliphatic carbocycles. The van der Waals surface area contributed by atoms with Crippen molar-refractivity contribution in [2.75, 3.05) is 31.1 Å². The summed E-state index contributed by atoms with van der Waals surface area (Å²) in [5, 5.41) is 0. The average Bonchev–Trinajstić information content (AvgIpc) is 3.05. The Bertz CT molecular complexity index is 743. The van der Waals surface area contributed by atoms with Gasteiger partial charge < -0.3 is 14.2 Å². The number of hydrogen-bond donors (Lipinski definition) is 0. The molecule has 2 aromatic rings. The van der Waals surface area contributed by atoms with Gasteiger partial charge in [0.15, 0.2) is 5.58 Å². The van der Waals surface area contributed by atoms with Gasteiger partial charge in [-0.1, -0.05) is 6.42 Å². The van der Waals surface area contributed by atoms with Crippen LogP contribution in [0.1, 0.15) is 44.6 Å². The molecule has 2 fully saturated rings. The van der Waals surface area contributed by atoms with Crippen molar-refractivity contribution < 1.29 is 9.21 Å². The summed E-state index contributed by atoms with van der Waals surface area (Å²) in [6.45, 7) is 6.07. The Hall–Kier alpha value is -1.95. The number of rotatable bonds is 4. The number of pyridine rings is 1. The van der Waals surface area contributed by atoms with Crippen LogP contribution in [0.25, 0.3) is 11.2 Å². The molecule has 4 heterocycles. The van der Waals surface area contributed by atoms with E-state index in [0.29, 0.717) is 29.7 Å². The highest BCUT2D eigenvalue weighted by atomic mass is 16.4. The van der Waals surface area contributed by atoms with Crippen molar-refractivity contribution in [1.29, 1.82) is 0 Å². The van der Waals surface area contributed by atoms with Crippen molar-refractivity contribution in [3.63, 3.8) is 0 Å². The maximum Gasteiger partial charge on any atom is 0.299 e. The highest BCUT2D eigenvalue weighted by Crippen LogP contribution is 2.26. The minimum Gasteiger partial charge on any atom is -0.422 e. The zero-order chi connectivity index (χ0) is 17.2. The first-order valence-electron chi connectivity index (χ1n) is 9.43. The predicted octanol–water partition coefficient (Wildman–Crippen LogP) is 2.81. The van der Waals surface area contributed by atoms with Crippen LogP contribution in [0.4, 0.5) is 6.01 Å². The molecule has 0 radical (unpaired) electrons. The number of oxazole rings is 1. The van der Waals surface area contributed by atoms with E-state index in [9.17, 15) is 4.79 Å². The van der Waals surface area contributed by atoms with Gasteiger partial charge in [0.25, 0.3) is 6.01 Å². The molecule has 0 bridgehead atoms. The number of likely N-dealkylation sites (tertiary alicyclic amines) is 1. The Morgan fingerprint density at radius 1 is 1.20 bits per heavy atom. The van der Waals surface area contributed by atoms with Crippen LogP contribution in [0.3, 0.4) is 0 Å². The molecular weight excluding hydrogens is 316 g/mol. The van der Waals surface area contributed by atoms with Crippen LogP contribution >= 0.6 is 0 Å². The van der Waals surface area contributed by atoms with Crippen LogP contribution in [-0.2, 0) is 11.2 Å². The van der Waals surface area contributed by atoms with Crippen molar-refractivity contribution in [2.45, 2.75) is 51.5 Å². The lowest BCUT2D eigenvalue weighted by Crippen LogP contribution is -2.46.